The lowest BCUT2D eigenvalue weighted by Gasteiger charge is -2.32. The molecule has 0 spiro atoms. The summed E-state index contributed by atoms with van der Waals surface area (Å²) in [5, 5.41) is 3.41. The lowest BCUT2D eigenvalue weighted by atomic mass is 9.77. The first-order valence-corrected chi connectivity index (χ1v) is 6.14. The summed E-state index contributed by atoms with van der Waals surface area (Å²) in [5.74, 6) is 0.604. The fourth-order valence-corrected chi connectivity index (χ4v) is 2.93. The van der Waals surface area contributed by atoms with Crippen LogP contribution in [0.2, 0.25) is 0 Å². The summed E-state index contributed by atoms with van der Waals surface area (Å²) in [6.45, 7) is 6.24. The Balaban J connectivity index is 2.34. The lowest BCUT2D eigenvalue weighted by molar-refractivity contribution is 0.453. The molecular weight excluding hydrogens is 194 g/mol. The van der Waals surface area contributed by atoms with Gasteiger partial charge < -0.3 is 5.32 Å². The van der Waals surface area contributed by atoms with E-state index in [0.29, 0.717) is 12.0 Å². The topological polar surface area (TPSA) is 12.0 Å². The van der Waals surface area contributed by atoms with E-state index >= 15 is 0 Å². The molecular formula is C15H21N. The van der Waals surface area contributed by atoms with Crippen molar-refractivity contribution in [2.24, 2.45) is 0 Å². The number of nitrogens with one attached hydrogen (secondary N) is 1. The van der Waals surface area contributed by atoms with Gasteiger partial charge in [0.05, 0.1) is 0 Å². The van der Waals surface area contributed by atoms with Crippen LogP contribution >= 0.6 is 0 Å². The molecule has 0 bridgehead atoms. The maximum absolute atomic E-state index is 4.11. The van der Waals surface area contributed by atoms with Crippen LogP contribution in [0.1, 0.15) is 36.8 Å². The van der Waals surface area contributed by atoms with Crippen molar-refractivity contribution in [3.8, 4) is 0 Å². The van der Waals surface area contributed by atoms with Crippen molar-refractivity contribution >= 4 is 0 Å². The van der Waals surface area contributed by atoms with Gasteiger partial charge in [0.25, 0.3) is 0 Å². The zero-order chi connectivity index (χ0) is 11.5. The van der Waals surface area contributed by atoms with Gasteiger partial charge in [0, 0.05) is 12.0 Å². The maximum atomic E-state index is 4.11. The first-order chi connectivity index (χ1) is 7.74. The molecule has 0 aliphatic heterocycles. The molecule has 0 fully saturated rings. The zero-order valence-electron chi connectivity index (χ0n) is 10.3. The van der Waals surface area contributed by atoms with Gasteiger partial charge in [-0.15, -0.1) is 0 Å². The van der Waals surface area contributed by atoms with E-state index in [1.54, 1.807) is 0 Å². The molecule has 16 heavy (non-hydrogen) atoms. The van der Waals surface area contributed by atoms with Gasteiger partial charge in [-0.1, -0.05) is 36.4 Å². The molecule has 1 aromatic rings. The molecule has 0 saturated heterocycles. The highest BCUT2D eigenvalue weighted by Gasteiger charge is 2.26. The molecule has 2 unspecified atom stereocenters. The highest BCUT2D eigenvalue weighted by atomic mass is 14.9. The van der Waals surface area contributed by atoms with Crippen molar-refractivity contribution in [3.05, 3.63) is 47.5 Å². The number of rotatable bonds is 3. The molecule has 0 heterocycles. The number of likely N-dealkylation sites (N-methyl/N-ethyl adjacent to an activating group) is 1. The Morgan fingerprint density at radius 3 is 2.88 bits per heavy atom. The van der Waals surface area contributed by atoms with E-state index in [9.17, 15) is 0 Å². The molecule has 0 aromatic heterocycles. The largest absolute Gasteiger partial charge is 0.313 e. The van der Waals surface area contributed by atoms with Crippen LogP contribution in [0.15, 0.2) is 36.4 Å². The van der Waals surface area contributed by atoms with Gasteiger partial charge in [0.15, 0.2) is 0 Å². The minimum absolute atomic E-state index is 0.418. The molecule has 1 aliphatic rings. The van der Waals surface area contributed by atoms with Gasteiger partial charge in [0.2, 0.25) is 0 Å². The molecule has 0 saturated carbocycles. The Morgan fingerprint density at radius 2 is 2.19 bits per heavy atom. The first kappa shape index (κ1) is 11.4. The monoisotopic (exact) mass is 215 g/mol. The molecule has 1 nitrogen and oxygen atoms in total. The van der Waals surface area contributed by atoms with Crippen LogP contribution < -0.4 is 5.32 Å². The second kappa shape index (κ2) is 4.84. The quantitative estimate of drug-likeness (QED) is 0.763. The van der Waals surface area contributed by atoms with Crippen molar-refractivity contribution < 1.29 is 0 Å². The zero-order valence-corrected chi connectivity index (χ0v) is 10.3. The maximum Gasteiger partial charge on any atom is 0.0340 e. The summed E-state index contributed by atoms with van der Waals surface area (Å²) >= 11 is 0. The fourth-order valence-electron chi connectivity index (χ4n) is 2.93. The molecule has 1 heteroatoms. The SMILES string of the molecule is C=C(C)C(NC)C1CCCc2ccccc21. The van der Waals surface area contributed by atoms with E-state index in [4.69, 9.17) is 0 Å². The molecule has 1 aromatic carbocycles. The number of hydrogen-bond acceptors (Lipinski definition) is 1. The minimum atomic E-state index is 0.418. The Hall–Kier alpha value is -1.08. The summed E-state index contributed by atoms with van der Waals surface area (Å²) in [5.41, 5.74) is 4.29. The molecule has 1 aliphatic carbocycles. The van der Waals surface area contributed by atoms with Gasteiger partial charge in [0.1, 0.15) is 0 Å². The standard InChI is InChI=1S/C15H21N/c1-11(2)15(16-3)14-10-6-8-12-7-4-5-9-13(12)14/h4-5,7,9,14-16H,1,6,8,10H2,2-3H3. The molecule has 1 N–H and O–H groups in total. The van der Waals surface area contributed by atoms with Crippen molar-refractivity contribution in [2.75, 3.05) is 7.05 Å². The van der Waals surface area contributed by atoms with E-state index < -0.39 is 0 Å². The summed E-state index contributed by atoms with van der Waals surface area (Å²) in [6.07, 6.45) is 3.81. The van der Waals surface area contributed by atoms with Crippen LogP contribution in [0.5, 0.6) is 0 Å². The van der Waals surface area contributed by atoms with Crippen molar-refractivity contribution in [2.45, 2.75) is 38.1 Å². The van der Waals surface area contributed by atoms with E-state index in [1.165, 1.54) is 36.0 Å². The summed E-state index contributed by atoms with van der Waals surface area (Å²) < 4.78 is 0. The Labute approximate surface area is 98.6 Å². The predicted molar refractivity (Wildman–Crippen MR) is 69.8 cm³/mol. The average molecular weight is 215 g/mol. The summed E-state index contributed by atoms with van der Waals surface area (Å²) in [6, 6.07) is 9.28. The van der Waals surface area contributed by atoms with Gasteiger partial charge in [-0.2, -0.15) is 0 Å². The summed E-state index contributed by atoms with van der Waals surface area (Å²) in [4.78, 5) is 0. The first-order valence-electron chi connectivity index (χ1n) is 6.14. The summed E-state index contributed by atoms with van der Waals surface area (Å²) in [7, 11) is 2.04. The second-order valence-electron chi connectivity index (χ2n) is 4.81. The van der Waals surface area contributed by atoms with Crippen LogP contribution in [0, 0.1) is 0 Å². The van der Waals surface area contributed by atoms with Gasteiger partial charge in [-0.25, -0.2) is 0 Å². The third-order valence-corrected chi connectivity index (χ3v) is 3.66. The third kappa shape index (κ3) is 2.05. The van der Waals surface area contributed by atoms with Gasteiger partial charge in [-0.3, -0.25) is 0 Å². The fraction of sp³-hybridized carbons (Fsp3) is 0.467. The van der Waals surface area contributed by atoms with Crippen LogP contribution in [-0.4, -0.2) is 13.1 Å². The average Bonchev–Trinajstić information content (AvgIpc) is 2.30. The van der Waals surface area contributed by atoms with E-state index in [0.717, 1.165) is 0 Å². The smallest absolute Gasteiger partial charge is 0.0340 e. The number of fused-ring (bicyclic) bond motifs is 1. The molecule has 0 radical (unpaired) electrons. The predicted octanol–water partition coefficient (Wildman–Crippen LogP) is 3.27. The molecule has 86 valence electrons. The van der Waals surface area contributed by atoms with Crippen LogP contribution in [0.4, 0.5) is 0 Å². The molecule has 2 rings (SSSR count). The van der Waals surface area contributed by atoms with Crippen LogP contribution in [0.3, 0.4) is 0 Å². The Bertz CT molecular complexity index is 381. The van der Waals surface area contributed by atoms with Crippen molar-refractivity contribution in [1.29, 1.82) is 0 Å². The van der Waals surface area contributed by atoms with Crippen molar-refractivity contribution in [3.63, 3.8) is 0 Å². The minimum Gasteiger partial charge on any atom is -0.313 e. The highest BCUT2D eigenvalue weighted by molar-refractivity contribution is 5.35. The van der Waals surface area contributed by atoms with E-state index in [2.05, 4.69) is 43.1 Å². The number of hydrogen-bond donors (Lipinski definition) is 1. The van der Waals surface area contributed by atoms with E-state index in [1.807, 2.05) is 7.05 Å². The number of benzene rings is 1. The molecule has 0 amide bonds. The van der Waals surface area contributed by atoms with Gasteiger partial charge in [-0.05, 0) is 44.4 Å². The van der Waals surface area contributed by atoms with Crippen LogP contribution in [-0.2, 0) is 6.42 Å². The molecule has 2 atom stereocenters. The Morgan fingerprint density at radius 1 is 1.44 bits per heavy atom. The number of aryl methyl sites for hydroxylation is 1. The third-order valence-electron chi connectivity index (χ3n) is 3.66. The van der Waals surface area contributed by atoms with Crippen LogP contribution in [0.25, 0.3) is 0 Å². The Kier molecular flexibility index (Phi) is 3.45. The second-order valence-corrected chi connectivity index (χ2v) is 4.81. The normalized spacial score (nSPS) is 21.2. The van der Waals surface area contributed by atoms with Crippen molar-refractivity contribution in [1.82, 2.24) is 5.32 Å². The lowest BCUT2D eigenvalue weighted by Crippen LogP contribution is -2.34. The van der Waals surface area contributed by atoms with E-state index in [-0.39, 0.29) is 0 Å². The highest BCUT2D eigenvalue weighted by Crippen LogP contribution is 2.35. The van der Waals surface area contributed by atoms with Gasteiger partial charge >= 0.3 is 0 Å².